The van der Waals surface area contributed by atoms with E-state index in [2.05, 4.69) is 15.3 Å². The highest BCUT2D eigenvalue weighted by atomic mass is 32.1. The van der Waals surface area contributed by atoms with E-state index in [1.54, 1.807) is 7.11 Å². The zero-order valence-electron chi connectivity index (χ0n) is 12.0. The monoisotopic (exact) mass is 313 g/mol. The Morgan fingerprint density at radius 1 is 1.32 bits per heavy atom. The van der Waals surface area contributed by atoms with Crippen LogP contribution < -0.4 is 10.1 Å². The average molecular weight is 313 g/mol. The van der Waals surface area contributed by atoms with Crippen LogP contribution in [0.5, 0.6) is 5.75 Å². The summed E-state index contributed by atoms with van der Waals surface area (Å²) in [6.45, 7) is 0. The van der Waals surface area contributed by atoms with Gasteiger partial charge in [0.25, 0.3) is 0 Å². The van der Waals surface area contributed by atoms with Gasteiger partial charge in [0.15, 0.2) is 5.13 Å². The lowest BCUT2D eigenvalue weighted by Gasteiger charge is -2.03. The molecule has 22 heavy (non-hydrogen) atoms. The summed E-state index contributed by atoms with van der Waals surface area (Å²) in [5.41, 5.74) is 2.70. The average Bonchev–Trinajstić information content (AvgIpc) is 3.19. The molecule has 3 rings (SSSR count). The summed E-state index contributed by atoms with van der Waals surface area (Å²) in [6.07, 6.45) is 2.15. The van der Waals surface area contributed by atoms with Crippen molar-refractivity contribution < 1.29 is 9.53 Å². The molecule has 2 aromatic heterocycles. The minimum absolute atomic E-state index is 0.0856. The number of thiazole rings is 1. The number of carbonyl (C=O) groups is 1. The third-order valence-corrected chi connectivity index (χ3v) is 3.91. The Balaban J connectivity index is 1.61. The number of ether oxygens (including phenoxy) is 1. The van der Waals surface area contributed by atoms with Gasteiger partial charge in [0.2, 0.25) is 5.91 Å². The minimum Gasteiger partial charge on any atom is -0.497 e. The molecule has 2 heterocycles. The lowest BCUT2D eigenvalue weighted by molar-refractivity contribution is -0.115. The van der Waals surface area contributed by atoms with Crippen LogP contribution in [0, 0.1) is 0 Å². The number of carbonyl (C=O) groups excluding carboxylic acids is 1. The van der Waals surface area contributed by atoms with Gasteiger partial charge in [-0.2, -0.15) is 0 Å². The van der Waals surface area contributed by atoms with E-state index in [9.17, 15) is 4.79 Å². The maximum absolute atomic E-state index is 12.0. The number of aromatic nitrogens is 2. The highest BCUT2D eigenvalue weighted by molar-refractivity contribution is 7.14. The number of hydrogen-bond acceptors (Lipinski definition) is 4. The summed E-state index contributed by atoms with van der Waals surface area (Å²) >= 11 is 1.41. The molecule has 0 fully saturated rings. The van der Waals surface area contributed by atoms with Crippen LogP contribution in [-0.2, 0) is 11.2 Å². The van der Waals surface area contributed by atoms with Gasteiger partial charge in [0, 0.05) is 11.6 Å². The zero-order chi connectivity index (χ0) is 15.4. The predicted molar refractivity (Wildman–Crippen MR) is 87.2 cm³/mol. The van der Waals surface area contributed by atoms with E-state index in [-0.39, 0.29) is 5.91 Å². The van der Waals surface area contributed by atoms with Gasteiger partial charge in [-0.1, -0.05) is 12.1 Å². The predicted octanol–water partition coefficient (Wildman–Crippen LogP) is 3.33. The quantitative estimate of drug-likeness (QED) is 0.759. The summed E-state index contributed by atoms with van der Waals surface area (Å²) < 4.78 is 5.10. The summed E-state index contributed by atoms with van der Waals surface area (Å²) in [7, 11) is 1.62. The van der Waals surface area contributed by atoms with Crippen molar-refractivity contribution in [3.05, 3.63) is 53.5 Å². The number of nitrogens with zero attached hydrogens (tertiary/aromatic N) is 1. The number of amides is 1. The van der Waals surface area contributed by atoms with Crippen molar-refractivity contribution in [2.24, 2.45) is 0 Å². The first-order valence-electron chi connectivity index (χ1n) is 6.76. The fourth-order valence-corrected chi connectivity index (χ4v) is 2.76. The number of hydrogen-bond donors (Lipinski definition) is 2. The van der Waals surface area contributed by atoms with E-state index in [0.717, 1.165) is 22.7 Å². The molecule has 0 aliphatic heterocycles. The van der Waals surface area contributed by atoms with E-state index >= 15 is 0 Å². The van der Waals surface area contributed by atoms with Crippen molar-refractivity contribution in [2.75, 3.05) is 12.4 Å². The van der Waals surface area contributed by atoms with Gasteiger partial charge in [-0.3, -0.25) is 4.79 Å². The fraction of sp³-hybridized carbons (Fsp3) is 0.125. The van der Waals surface area contributed by atoms with Crippen LogP contribution in [0.4, 0.5) is 5.13 Å². The maximum atomic E-state index is 12.0. The van der Waals surface area contributed by atoms with E-state index in [1.165, 1.54) is 11.3 Å². The van der Waals surface area contributed by atoms with Crippen molar-refractivity contribution in [3.63, 3.8) is 0 Å². The second-order valence-corrected chi connectivity index (χ2v) is 5.55. The van der Waals surface area contributed by atoms with E-state index in [4.69, 9.17) is 4.74 Å². The second-order valence-electron chi connectivity index (χ2n) is 4.69. The van der Waals surface area contributed by atoms with Gasteiger partial charge in [0.05, 0.1) is 24.9 Å². The van der Waals surface area contributed by atoms with Crippen molar-refractivity contribution in [3.8, 4) is 17.1 Å². The topological polar surface area (TPSA) is 67.0 Å². The molecule has 112 valence electrons. The maximum Gasteiger partial charge on any atom is 0.230 e. The molecule has 0 unspecified atom stereocenters. The fourth-order valence-electron chi connectivity index (χ4n) is 2.04. The van der Waals surface area contributed by atoms with E-state index in [1.807, 2.05) is 48.0 Å². The first-order valence-corrected chi connectivity index (χ1v) is 7.64. The number of anilines is 1. The molecule has 6 heteroatoms. The highest BCUT2D eigenvalue weighted by Crippen LogP contribution is 2.23. The normalized spacial score (nSPS) is 10.4. The molecule has 0 spiro atoms. The molecule has 5 nitrogen and oxygen atoms in total. The Hall–Kier alpha value is -2.60. The van der Waals surface area contributed by atoms with Crippen molar-refractivity contribution in [1.82, 2.24) is 9.97 Å². The molecule has 0 saturated carbocycles. The number of rotatable bonds is 5. The first kappa shape index (κ1) is 14.3. The Kier molecular flexibility index (Phi) is 4.20. The lowest BCUT2D eigenvalue weighted by atomic mass is 10.1. The molecular formula is C16H15N3O2S. The highest BCUT2D eigenvalue weighted by Gasteiger charge is 2.09. The molecule has 0 atom stereocenters. The van der Waals surface area contributed by atoms with Crippen molar-refractivity contribution in [1.29, 1.82) is 0 Å². The summed E-state index contributed by atoms with van der Waals surface area (Å²) in [5.74, 6) is 0.692. The van der Waals surface area contributed by atoms with Crippen LogP contribution in [0.15, 0.2) is 48.0 Å². The number of H-pyrrole nitrogens is 1. The van der Waals surface area contributed by atoms with E-state index < -0.39 is 0 Å². The largest absolute Gasteiger partial charge is 0.497 e. The molecule has 0 aliphatic rings. The van der Waals surface area contributed by atoms with Crippen molar-refractivity contribution in [2.45, 2.75) is 6.42 Å². The van der Waals surface area contributed by atoms with Gasteiger partial charge in [0.1, 0.15) is 5.75 Å². The first-order chi connectivity index (χ1) is 10.7. The Bertz CT molecular complexity index is 748. The molecule has 0 aliphatic carbocycles. The third kappa shape index (κ3) is 3.35. The summed E-state index contributed by atoms with van der Waals surface area (Å²) in [5, 5.41) is 5.34. The SMILES string of the molecule is COc1ccc(CC(=O)Nc2nc(-c3ccc[nH]3)cs2)cc1. The lowest BCUT2D eigenvalue weighted by Crippen LogP contribution is -2.14. The molecule has 0 bridgehead atoms. The molecule has 1 aromatic carbocycles. The van der Waals surface area contributed by atoms with E-state index in [0.29, 0.717) is 11.6 Å². The molecule has 3 aromatic rings. The Morgan fingerprint density at radius 3 is 2.82 bits per heavy atom. The van der Waals surface area contributed by atoms with Crippen LogP contribution in [0.1, 0.15) is 5.56 Å². The molecule has 2 N–H and O–H groups in total. The van der Waals surface area contributed by atoms with Gasteiger partial charge in [-0.15, -0.1) is 11.3 Å². The Labute approximate surface area is 132 Å². The van der Waals surface area contributed by atoms with Gasteiger partial charge in [-0.25, -0.2) is 4.98 Å². The molecular weight excluding hydrogens is 298 g/mol. The Morgan fingerprint density at radius 2 is 2.14 bits per heavy atom. The van der Waals surface area contributed by atoms with Crippen LogP contribution in [0.25, 0.3) is 11.4 Å². The summed E-state index contributed by atoms with van der Waals surface area (Å²) in [6, 6.07) is 11.3. The van der Waals surface area contributed by atoms with Gasteiger partial charge < -0.3 is 15.0 Å². The van der Waals surface area contributed by atoms with Gasteiger partial charge in [-0.05, 0) is 29.8 Å². The van der Waals surface area contributed by atoms with Gasteiger partial charge >= 0.3 is 0 Å². The molecule has 0 radical (unpaired) electrons. The standard InChI is InChI=1S/C16H15N3O2S/c1-21-12-6-4-11(5-7-12)9-15(20)19-16-18-14(10-22-16)13-3-2-8-17-13/h2-8,10,17H,9H2,1H3,(H,18,19,20). The number of nitrogens with one attached hydrogen (secondary N) is 2. The number of aromatic amines is 1. The van der Waals surface area contributed by atoms with Crippen LogP contribution in [0.2, 0.25) is 0 Å². The van der Waals surface area contributed by atoms with Crippen LogP contribution in [0.3, 0.4) is 0 Å². The summed E-state index contributed by atoms with van der Waals surface area (Å²) in [4.78, 5) is 19.5. The van der Waals surface area contributed by atoms with Crippen molar-refractivity contribution >= 4 is 22.4 Å². The zero-order valence-corrected chi connectivity index (χ0v) is 12.8. The van der Waals surface area contributed by atoms with Crippen LogP contribution >= 0.6 is 11.3 Å². The third-order valence-electron chi connectivity index (χ3n) is 3.15. The smallest absolute Gasteiger partial charge is 0.230 e. The number of benzene rings is 1. The second kappa shape index (κ2) is 6.44. The molecule has 1 amide bonds. The molecule has 0 saturated heterocycles. The number of methoxy groups -OCH3 is 1. The minimum atomic E-state index is -0.0856. The van der Waals surface area contributed by atoms with Crippen LogP contribution in [-0.4, -0.2) is 23.0 Å².